The minimum absolute atomic E-state index is 0.0868. The van der Waals surface area contributed by atoms with E-state index in [1.807, 2.05) is 50.2 Å². The molecule has 2 rings (SSSR count). The van der Waals surface area contributed by atoms with Gasteiger partial charge in [0.25, 0.3) is 0 Å². The van der Waals surface area contributed by atoms with Crippen molar-refractivity contribution in [3.63, 3.8) is 0 Å². The molecule has 0 spiro atoms. The largest absolute Gasteiger partial charge is 0.457 e. The summed E-state index contributed by atoms with van der Waals surface area (Å²) in [5, 5.41) is -0.0868. The highest BCUT2D eigenvalue weighted by Crippen LogP contribution is 2.33. The van der Waals surface area contributed by atoms with Crippen LogP contribution in [-0.2, 0) is 4.65 Å². The highest BCUT2D eigenvalue weighted by atomic mass is 32.1. The van der Waals surface area contributed by atoms with Crippen LogP contribution in [0.25, 0.3) is 0 Å². The second-order valence-electron chi connectivity index (χ2n) is 7.10. The maximum Gasteiger partial charge on any atom is 0.310 e. The Hall–Kier alpha value is -1.29. The molecule has 0 fully saturated rings. The zero-order valence-electron chi connectivity index (χ0n) is 15.1. The zero-order chi connectivity index (χ0) is 18.7. The van der Waals surface area contributed by atoms with Crippen molar-refractivity contribution in [2.45, 2.75) is 43.3 Å². The number of aldehydes is 1. The maximum absolute atomic E-state index is 11.5. The van der Waals surface area contributed by atoms with Crippen molar-refractivity contribution in [2.75, 3.05) is 0 Å². The van der Waals surface area contributed by atoms with Gasteiger partial charge in [-0.15, -0.1) is 21.9 Å². The summed E-state index contributed by atoms with van der Waals surface area (Å²) in [6, 6.07) is 12.8. The monoisotopic (exact) mass is 374 g/mol. The Bertz CT molecular complexity index is 739. The molecule has 2 aromatic carbocycles. The molecule has 0 heterocycles. The van der Waals surface area contributed by atoms with Crippen molar-refractivity contribution >= 4 is 41.1 Å². The lowest BCUT2D eigenvalue weighted by molar-refractivity contribution is 0.0840. The second-order valence-corrected chi connectivity index (χ2v) is 9.05. The minimum atomic E-state index is -0.346. The van der Waals surface area contributed by atoms with Gasteiger partial charge in [-0.05, 0) is 55.7 Å². The van der Waals surface area contributed by atoms with Crippen LogP contribution in [0.4, 0.5) is 0 Å². The van der Waals surface area contributed by atoms with Gasteiger partial charge in [-0.1, -0.05) is 19.9 Å². The van der Waals surface area contributed by atoms with E-state index in [2.05, 4.69) is 35.7 Å². The molecule has 0 aliphatic carbocycles. The quantitative estimate of drug-likeness (QED) is 0.344. The van der Waals surface area contributed by atoms with Crippen LogP contribution in [0, 0.1) is 0 Å². The Morgan fingerprint density at radius 1 is 1.04 bits per heavy atom. The number of hydrogen-bond donors (Lipinski definition) is 1. The van der Waals surface area contributed by atoms with E-state index in [1.54, 1.807) is 6.07 Å². The SMILES string of the molecule is CC(C)(P)C(C)(C)OBc1ccc(Oc2ccc(S)cc2)cc1C=O. The normalized spacial score (nSPS) is 11.9. The first kappa shape index (κ1) is 20.0. The molecule has 6 heteroatoms. The average Bonchev–Trinajstić information content (AvgIpc) is 2.54. The van der Waals surface area contributed by atoms with Crippen LogP contribution in [-0.4, -0.2) is 24.5 Å². The summed E-state index contributed by atoms with van der Waals surface area (Å²) in [4.78, 5) is 12.3. The summed E-state index contributed by atoms with van der Waals surface area (Å²) in [5.41, 5.74) is 1.07. The van der Waals surface area contributed by atoms with Crippen LogP contribution in [0.2, 0.25) is 0 Å². The number of ether oxygens (including phenoxy) is 1. The molecule has 0 radical (unpaired) electrons. The van der Waals surface area contributed by atoms with Crippen molar-refractivity contribution in [1.82, 2.24) is 0 Å². The van der Waals surface area contributed by atoms with E-state index in [4.69, 9.17) is 9.39 Å². The number of rotatable bonds is 7. The molecule has 0 bridgehead atoms. The van der Waals surface area contributed by atoms with Crippen LogP contribution in [0.1, 0.15) is 38.1 Å². The summed E-state index contributed by atoms with van der Waals surface area (Å²) in [7, 11) is 3.18. The van der Waals surface area contributed by atoms with E-state index in [-0.39, 0.29) is 10.8 Å². The number of thiol groups is 1. The highest BCUT2D eigenvalue weighted by Gasteiger charge is 2.33. The van der Waals surface area contributed by atoms with Crippen molar-refractivity contribution < 1.29 is 14.2 Å². The van der Waals surface area contributed by atoms with Crippen molar-refractivity contribution in [3.8, 4) is 11.5 Å². The van der Waals surface area contributed by atoms with Crippen molar-refractivity contribution in [2.24, 2.45) is 0 Å². The Kier molecular flexibility index (Phi) is 6.37. The van der Waals surface area contributed by atoms with Crippen LogP contribution in [0.15, 0.2) is 47.4 Å². The number of carbonyl (C=O) groups is 1. The summed E-state index contributed by atoms with van der Waals surface area (Å²) >= 11 is 4.25. The Morgan fingerprint density at radius 2 is 1.64 bits per heavy atom. The fourth-order valence-corrected chi connectivity index (χ4v) is 2.20. The smallest absolute Gasteiger partial charge is 0.310 e. The maximum atomic E-state index is 11.5. The fourth-order valence-electron chi connectivity index (χ4n) is 1.97. The third-order valence-corrected chi connectivity index (χ3v) is 5.45. The van der Waals surface area contributed by atoms with Gasteiger partial charge in [-0.2, -0.15) is 0 Å². The second kappa shape index (κ2) is 7.95. The average molecular weight is 374 g/mol. The summed E-state index contributed by atoms with van der Waals surface area (Å²) in [5.74, 6) is 1.31. The lowest BCUT2D eigenvalue weighted by Crippen LogP contribution is -2.45. The fraction of sp³-hybridized carbons (Fsp3) is 0.316. The molecule has 0 aliphatic heterocycles. The molecule has 0 amide bonds. The molecular weight excluding hydrogens is 350 g/mol. The van der Waals surface area contributed by atoms with Gasteiger partial charge in [0.1, 0.15) is 17.8 Å². The van der Waals surface area contributed by atoms with Crippen LogP contribution < -0.4 is 10.2 Å². The molecule has 2 aromatic rings. The van der Waals surface area contributed by atoms with E-state index in [1.165, 1.54) is 0 Å². The first-order valence-electron chi connectivity index (χ1n) is 8.10. The number of carbonyl (C=O) groups excluding carboxylic acids is 1. The van der Waals surface area contributed by atoms with Crippen LogP contribution >= 0.6 is 21.9 Å². The Morgan fingerprint density at radius 3 is 2.20 bits per heavy atom. The lowest BCUT2D eigenvalue weighted by atomic mass is 9.81. The minimum Gasteiger partial charge on any atom is -0.457 e. The molecule has 0 N–H and O–H groups in total. The first-order valence-corrected chi connectivity index (χ1v) is 9.13. The van der Waals surface area contributed by atoms with Gasteiger partial charge in [-0.3, -0.25) is 4.79 Å². The molecule has 0 saturated carbocycles. The number of hydrogen-bond acceptors (Lipinski definition) is 4. The third-order valence-electron chi connectivity index (χ3n) is 4.46. The van der Waals surface area contributed by atoms with Gasteiger partial charge in [0, 0.05) is 15.6 Å². The first-order chi connectivity index (χ1) is 11.6. The summed E-state index contributed by atoms with van der Waals surface area (Å²) in [6.45, 7) is 8.29. The predicted molar refractivity (Wildman–Crippen MR) is 111 cm³/mol. The zero-order valence-corrected chi connectivity index (χ0v) is 17.1. The molecule has 1 unspecified atom stereocenters. The molecule has 3 nitrogen and oxygen atoms in total. The van der Waals surface area contributed by atoms with Crippen molar-refractivity contribution in [1.29, 1.82) is 0 Å². The van der Waals surface area contributed by atoms with E-state index < -0.39 is 0 Å². The summed E-state index contributed by atoms with van der Waals surface area (Å²) < 4.78 is 11.9. The van der Waals surface area contributed by atoms with Gasteiger partial charge in [0.15, 0.2) is 0 Å². The van der Waals surface area contributed by atoms with E-state index in [0.717, 1.165) is 16.6 Å². The molecule has 0 saturated heterocycles. The summed E-state index contributed by atoms with van der Waals surface area (Å²) in [6.07, 6.45) is 0.835. The molecule has 25 heavy (non-hydrogen) atoms. The number of benzene rings is 2. The lowest BCUT2D eigenvalue weighted by Gasteiger charge is -2.39. The van der Waals surface area contributed by atoms with Gasteiger partial charge in [0.2, 0.25) is 0 Å². The van der Waals surface area contributed by atoms with E-state index in [9.17, 15) is 4.79 Å². The molecule has 0 aromatic heterocycles. The standard InChI is InChI=1S/C19H24BO3PS/c1-18(2,19(3,4)24)23-20-17-10-7-15(11-13(17)12-21)22-14-5-8-16(25)9-6-14/h5-12,20,25H,24H2,1-4H3. The van der Waals surface area contributed by atoms with Gasteiger partial charge in [0.05, 0.1) is 5.60 Å². The van der Waals surface area contributed by atoms with Crippen molar-refractivity contribution in [3.05, 3.63) is 48.0 Å². The van der Waals surface area contributed by atoms with Gasteiger partial charge < -0.3 is 9.39 Å². The van der Waals surface area contributed by atoms with Crippen LogP contribution in [0.5, 0.6) is 11.5 Å². The Balaban J connectivity index is 2.13. The topological polar surface area (TPSA) is 35.5 Å². The molecule has 1 atom stereocenters. The van der Waals surface area contributed by atoms with Gasteiger partial charge >= 0.3 is 7.48 Å². The molecule has 132 valence electrons. The Labute approximate surface area is 158 Å². The highest BCUT2D eigenvalue weighted by molar-refractivity contribution is 7.80. The van der Waals surface area contributed by atoms with E-state index >= 15 is 0 Å². The molecular formula is C19H24BO3PS. The third kappa shape index (κ3) is 5.34. The molecule has 0 aliphatic rings. The van der Waals surface area contributed by atoms with Gasteiger partial charge in [-0.25, -0.2) is 0 Å². The van der Waals surface area contributed by atoms with Crippen LogP contribution in [0.3, 0.4) is 0 Å². The van der Waals surface area contributed by atoms with E-state index in [0.29, 0.717) is 24.5 Å². The predicted octanol–water partition coefficient (Wildman–Crippen LogP) is 4.01.